The molecule has 0 atom stereocenters. The lowest BCUT2D eigenvalue weighted by molar-refractivity contribution is 0.0978. The first kappa shape index (κ1) is 22.0. The molecule has 2 N–H and O–H groups in total. The van der Waals surface area contributed by atoms with Gasteiger partial charge in [-0.2, -0.15) is 4.80 Å². The van der Waals surface area contributed by atoms with Gasteiger partial charge in [0.1, 0.15) is 16.8 Å². The molecule has 0 spiro atoms. The molecule has 0 radical (unpaired) electrons. The highest BCUT2D eigenvalue weighted by Crippen LogP contribution is 2.24. The van der Waals surface area contributed by atoms with Crippen molar-refractivity contribution < 1.29 is 9.53 Å². The Morgan fingerprint density at radius 2 is 1.72 bits per heavy atom. The fourth-order valence-electron chi connectivity index (χ4n) is 3.03. The van der Waals surface area contributed by atoms with Crippen LogP contribution in [0.15, 0.2) is 54.6 Å². The highest BCUT2D eigenvalue weighted by atomic mass is 35.5. The summed E-state index contributed by atoms with van der Waals surface area (Å²) in [6.45, 7) is 1.91. The first-order valence-corrected chi connectivity index (χ1v) is 10.6. The van der Waals surface area contributed by atoms with Gasteiger partial charge < -0.3 is 10.1 Å². The molecule has 4 aromatic rings. The summed E-state index contributed by atoms with van der Waals surface area (Å²) < 4.78 is 5.19. The van der Waals surface area contributed by atoms with Crippen LogP contribution in [0.3, 0.4) is 0 Å². The van der Waals surface area contributed by atoms with Gasteiger partial charge in [0.15, 0.2) is 5.11 Å². The summed E-state index contributed by atoms with van der Waals surface area (Å²) in [6.07, 6.45) is 0. The molecule has 162 valence electrons. The SMILES string of the molecule is COc1ccc(-n2nc3cc(C)c(NC(=S)NC(=O)c4ccc(Cl)cc4Cl)cc3n2)cc1. The minimum atomic E-state index is -0.437. The Morgan fingerprint density at radius 3 is 2.38 bits per heavy atom. The predicted molar refractivity (Wildman–Crippen MR) is 130 cm³/mol. The molecule has 0 aliphatic rings. The maximum Gasteiger partial charge on any atom is 0.258 e. The predicted octanol–water partition coefficient (Wildman–Crippen LogP) is 5.17. The molecule has 0 saturated carbocycles. The number of thiocarbonyl (C=S) groups is 1. The number of benzene rings is 3. The lowest BCUT2D eigenvalue weighted by atomic mass is 10.2. The van der Waals surface area contributed by atoms with E-state index < -0.39 is 5.91 Å². The molecule has 1 heterocycles. The van der Waals surface area contributed by atoms with Crippen LogP contribution in [0.5, 0.6) is 5.75 Å². The molecule has 3 aromatic carbocycles. The summed E-state index contributed by atoms with van der Waals surface area (Å²) in [6, 6.07) is 15.8. The van der Waals surface area contributed by atoms with Crippen molar-refractivity contribution in [1.29, 1.82) is 0 Å². The Balaban J connectivity index is 1.52. The van der Waals surface area contributed by atoms with Gasteiger partial charge >= 0.3 is 0 Å². The summed E-state index contributed by atoms with van der Waals surface area (Å²) in [5.41, 5.74) is 4.06. The zero-order valence-corrected chi connectivity index (χ0v) is 19.3. The number of ether oxygens (including phenoxy) is 1. The van der Waals surface area contributed by atoms with Gasteiger partial charge in [-0.05, 0) is 79.3 Å². The van der Waals surface area contributed by atoms with Crippen molar-refractivity contribution in [3.63, 3.8) is 0 Å². The van der Waals surface area contributed by atoms with Crippen LogP contribution in [-0.4, -0.2) is 33.1 Å². The molecular weight excluding hydrogens is 469 g/mol. The smallest absolute Gasteiger partial charge is 0.258 e. The van der Waals surface area contributed by atoms with Crippen LogP contribution < -0.4 is 15.4 Å². The minimum Gasteiger partial charge on any atom is -0.497 e. The van der Waals surface area contributed by atoms with Gasteiger partial charge in [-0.25, -0.2) is 0 Å². The van der Waals surface area contributed by atoms with Crippen molar-refractivity contribution in [2.45, 2.75) is 6.92 Å². The monoisotopic (exact) mass is 485 g/mol. The topological polar surface area (TPSA) is 81.1 Å². The number of nitrogens with one attached hydrogen (secondary N) is 2. The molecule has 4 rings (SSSR count). The Morgan fingerprint density at radius 1 is 1.03 bits per heavy atom. The first-order chi connectivity index (χ1) is 15.3. The van der Waals surface area contributed by atoms with E-state index in [9.17, 15) is 4.79 Å². The van der Waals surface area contributed by atoms with E-state index in [1.165, 1.54) is 12.1 Å². The van der Waals surface area contributed by atoms with Crippen molar-refractivity contribution >= 4 is 63.2 Å². The number of hydrogen-bond acceptors (Lipinski definition) is 5. The number of carbonyl (C=O) groups excluding carboxylic acids is 1. The Labute approximate surface area is 199 Å². The molecule has 0 saturated heterocycles. The van der Waals surface area contributed by atoms with E-state index in [2.05, 4.69) is 20.8 Å². The van der Waals surface area contributed by atoms with E-state index in [1.54, 1.807) is 18.0 Å². The number of amides is 1. The molecule has 0 aliphatic carbocycles. The number of aromatic nitrogens is 3. The Bertz CT molecular complexity index is 1340. The normalized spacial score (nSPS) is 10.8. The number of rotatable bonds is 4. The van der Waals surface area contributed by atoms with Crippen LogP contribution in [0.2, 0.25) is 10.0 Å². The summed E-state index contributed by atoms with van der Waals surface area (Å²) in [5, 5.41) is 15.5. The van der Waals surface area contributed by atoms with Gasteiger partial charge in [0, 0.05) is 10.7 Å². The van der Waals surface area contributed by atoms with Crippen molar-refractivity contribution in [2.75, 3.05) is 12.4 Å². The molecule has 1 aromatic heterocycles. The molecule has 0 aliphatic heterocycles. The molecule has 0 bridgehead atoms. The number of aryl methyl sites for hydroxylation is 1. The first-order valence-electron chi connectivity index (χ1n) is 9.43. The number of hydrogen-bond donors (Lipinski definition) is 2. The fraction of sp³-hybridized carbons (Fsp3) is 0.0909. The maximum absolute atomic E-state index is 12.5. The molecule has 32 heavy (non-hydrogen) atoms. The van der Waals surface area contributed by atoms with Crippen molar-refractivity contribution in [2.24, 2.45) is 0 Å². The second kappa shape index (κ2) is 9.12. The number of fused-ring (bicyclic) bond motifs is 1. The summed E-state index contributed by atoms with van der Waals surface area (Å²) in [4.78, 5) is 14.0. The molecule has 0 fully saturated rings. The average molecular weight is 486 g/mol. The Kier molecular flexibility index (Phi) is 6.27. The number of halogens is 2. The van der Waals surface area contributed by atoms with Gasteiger partial charge in [-0.3, -0.25) is 10.1 Å². The summed E-state index contributed by atoms with van der Waals surface area (Å²) in [7, 11) is 1.61. The third kappa shape index (κ3) is 4.67. The van der Waals surface area contributed by atoms with Gasteiger partial charge in [-0.15, -0.1) is 10.2 Å². The second-order valence-corrected chi connectivity index (χ2v) is 8.13. The zero-order valence-electron chi connectivity index (χ0n) is 17.0. The van der Waals surface area contributed by atoms with E-state index in [4.69, 9.17) is 40.2 Å². The maximum atomic E-state index is 12.5. The van der Waals surface area contributed by atoms with Crippen LogP contribution in [0.25, 0.3) is 16.7 Å². The lowest BCUT2D eigenvalue weighted by Gasteiger charge is -2.12. The highest BCUT2D eigenvalue weighted by molar-refractivity contribution is 7.80. The molecular formula is C22H17Cl2N5O2S. The summed E-state index contributed by atoms with van der Waals surface area (Å²) >= 11 is 17.3. The van der Waals surface area contributed by atoms with Crippen molar-refractivity contribution in [3.05, 3.63) is 75.8 Å². The van der Waals surface area contributed by atoms with Gasteiger partial charge in [-0.1, -0.05) is 23.2 Å². The molecule has 1 amide bonds. The largest absolute Gasteiger partial charge is 0.497 e. The number of methoxy groups -OCH3 is 1. The third-order valence-electron chi connectivity index (χ3n) is 4.68. The van der Waals surface area contributed by atoms with Crippen molar-refractivity contribution in [3.8, 4) is 11.4 Å². The van der Waals surface area contributed by atoms with E-state index in [0.29, 0.717) is 16.2 Å². The van der Waals surface area contributed by atoms with E-state index in [-0.39, 0.29) is 15.7 Å². The van der Waals surface area contributed by atoms with E-state index in [0.717, 1.165) is 22.5 Å². The number of carbonyl (C=O) groups is 1. The van der Waals surface area contributed by atoms with E-state index >= 15 is 0 Å². The fourth-order valence-corrected chi connectivity index (χ4v) is 3.73. The Hall–Kier alpha value is -3.20. The van der Waals surface area contributed by atoms with Crippen molar-refractivity contribution in [1.82, 2.24) is 20.3 Å². The lowest BCUT2D eigenvalue weighted by Crippen LogP contribution is -2.34. The van der Waals surface area contributed by atoms with Crippen LogP contribution in [0.1, 0.15) is 15.9 Å². The van der Waals surface area contributed by atoms with Gasteiger partial charge in [0.2, 0.25) is 0 Å². The quantitative estimate of drug-likeness (QED) is 0.388. The number of nitrogens with zero attached hydrogens (tertiary/aromatic N) is 3. The van der Waals surface area contributed by atoms with Crippen LogP contribution >= 0.6 is 35.4 Å². The van der Waals surface area contributed by atoms with Crippen LogP contribution in [0.4, 0.5) is 5.69 Å². The molecule has 7 nitrogen and oxygen atoms in total. The van der Waals surface area contributed by atoms with Gasteiger partial charge in [0.25, 0.3) is 5.91 Å². The molecule has 0 unspecified atom stereocenters. The highest BCUT2D eigenvalue weighted by Gasteiger charge is 2.14. The zero-order chi connectivity index (χ0) is 22.8. The van der Waals surface area contributed by atoms with Crippen LogP contribution in [-0.2, 0) is 0 Å². The minimum absolute atomic E-state index is 0.131. The summed E-state index contributed by atoms with van der Waals surface area (Å²) in [5.74, 6) is 0.316. The standard InChI is InChI=1S/C22H17Cl2N5O2S/c1-12-9-19-20(28-29(27-19)14-4-6-15(31-2)7-5-14)11-18(12)25-22(32)26-21(30)16-8-3-13(23)10-17(16)24/h3-11H,1-2H3,(H2,25,26,30,32). The average Bonchev–Trinajstić information content (AvgIpc) is 3.16. The van der Waals surface area contributed by atoms with Gasteiger partial charge in [0.05, 0.1) is 23.4 Å². The molecule has 10 heteroatoms. The second-order valence-electron chi connectivity index (χ2n) is 6.88. The number of anilines is 1. The van der Waals surface area contributed by atoms with Crippen LogP contribution in [0, 0.1) is 6.92 Å². The third-order valence-corrected chi connectivity index (χ3v) is 5.43. The van der Waals surface area contributed by atoms with E-state index in [1.807, 2.05) is 43.3 Å².